The van der Waals surface area contributed by atoms with E-state index in [1.165, 1.54) is 10.9 Å². The van der Waals surface area contributed by atoms with Crippen molar-refractivity contribution in [3.8, 4) is 11.4 Å². The molecule has 0 unspecified atom stereocenters. The molecule has 2 fully saturated rings. The van der Waals surface area contributed by atoms with Gasteiger partial charge >= 0.3 is 6.09 Å². The molecule has 2 saturated heterocycles. The van der Waals surface area contributed by atoms with E-state index in [1.807, 2.05) is 62.1 Å². The molecule has 0 saturated carbocycles. The van der Waals surface area contributed by atoms with Crippen molar-refractivity contribution in [2.45, 2.75) is 63.7 Å². The fraction of sp³-hybridized carbons (Fsp3) is 0.444. The lowest BCUT2D eigenvalue weighted by molar-refractivity contribution is -0.142. The van der Waals surface area contributed by atoms with E-state index >= 15 is 0 Å². The molecular formula is C36H42ClN5O6. The first-order valence-electron chi connectivity index (χ1n) is 16.3. The molecule has 254 valence electrons. The van der Waals surface area contributed by atoms with Crippen molar-refractivity contribution in [2.75, 3.05) is 33.3 Å². The summed E-state index contributed by atoms with van der Waals surface area (Å²) < 4.78 is 14.2. The van der Waals surface area contributed by atoms with Gasteiger partial charge in [0.15, 0.2) is 5.65 Å². The Bertz CT molecular complexity index is 1860. The molecule has 0 spiro atoms. The summed E-state index contributed by atoms with van der Waals surface area (Å²) in [5.41, 5.74) is 0.126. The second kappa shape index (κ2) is 13.3. The quantitative estimate of drug-likeness (QED) is 0.297. The Morgan fingerprint density at radius 1 is 1.04 bits per heavy atom. The fourth-order valence-electron chi connectivity index (χ4n) is 6.81. The molecule has 4 heterocycles. The van der Waals surface area contributed by atoms with Crippen LogP contribution in [0.2, 0.25) is 5.02 Å². The summed E-state index contributed by atoms with van der Waals surface area (Å²) in [6.07, 6.45) is 4.00. The van der Waals surface area contributed by atoms with Gasteiger partial charge in [-0.1, -0.05) is 41.9 Å². The summed E-state index contributed by atoms with van der Waals surface area (Å²) >= 11 is 6.27. The number of amides is 2. The summed E-state index contributed by atoms with van der Waals surface area (Å²) in [6.45, 7) is 7.13. The lowest BCUT2D eigenvalue weighted by atomic mass is 9.79. The van der Waals surface area contributed by atoms with Gasteiger partial charge in [-0.3, -0.25) is 14.2 Å². The zero-order valence-corrected chi connectivity index (χ0v) is 28.5. The maximum Gasteiger partial charge on any atom is 0.410 e. The van der Waals surface area contributed by atoms with Crippen LogP contribution in [0.4, 0.5) is 4.79 Å². The summed E-state index contributed by atoms with van der Waals surface area (Å²) in [5, 5.41) is 12.5. The van der Waals surface area contributed by atoms with Gasteiger partial charge in [-0.15, -0.1) is 0 Å². The normalized spacial score (nSPS) is 19.7. The monoisotopic (exact) mass is 675 g/mol. The molecule has 1 N–H and O–H groups in total. The smallest absolute Gasteiger partial charge is 0.410 e. The number of carbonyl (C=O) groups excluding carboxylic acids is 2. The van der Waals surface area contributed by atoms with E-state index in [9.17, 15) is 19.5 Å². The first-order valence-corrected chi connectivity index (χ1v) is 16.7. The van der Waals surface area contributed by atoms with E-state index in [-0.39, 0.29) is 35.9 Å². The number of hydrogen-bond donors (Lipinski definition) is 1. The number of piperidine rings is 2. The highest BCUT2D eigenvalue weighted by molar-refractivity contribution is 6.30. The van der Waals surface area contributed by atoms with E-state index in [4.69, 9.17) is 21.1 Å². The lowest BCUT2D eigenvalue weighted by Gasteiger charge is -2.43. The number of likely N-dealkylation sites (tertiary alicyclic amines) is 2. The van der Waals surface area contributed by atoms with Crippen LogP contribution in [0.25, 0.3) is 16.7 Å². The number of rotatable bonds is 6. The van der Waals surface area contributed by atoms with E-state index in [2.05, 4.69) is 4.98 Å². The van der Waals surface area contributed by atoms with Crippen LogP contribution in [0.15, 0.2) is 71.9 Å². The summed E-state index contributed by atoms with van der Waals surface area (Å²) in [4.78, 5) is 48.6. The van der Waals surface area contributed by atoms with Crippen LogP contribution in [-0.4, -0.2) is 85.5 Å². The number of ether oxygens (including phenoxy) is 2. The molecule has 2 aliphatic heterocycles. The molecular weight excluding hydrogens is 634 g/mol. The van der Waals surface area contributed by atoms with E-state index in [0.29, 0.717) is 72.9 Å². The predicted octanol–water partition coefficient (Wildman–Crippen LogP) is 5.24. The van der Waals surface area contributed by atoms with Gasteiger partial charge in [-0.25, -0.2) is 9.78 Å². The molecule has 2 aromatic carbocycles. The molecule has 48 heavy (non-hydrogen) atoms. The minimum absolute atomic E-state index is 0.0222. The van der Waals surface area contributed by atoms with Crippen molar-refractivity contribution in [3.05, 3.63) is 88.1 Å². The maximum atomic E-state index is 14.0. The van der Waals surface area contributed by atoms with Crippen LogP contribution >= 0.6 is 11.6 Å². The third-order valence-corrected chi connectivity index (χ3v) is 9.54. The summed E-state index contributed by atoms with van der Waals surface area (Å²) in [5.74, 6) is 0.114. The van der Waals surface area contributed by atoms with Gasteiger partial charge in [0.1, 0.15) is 17.7 Å². The number of carbonyl (C=O) groups is 2. The molecule has 2 aromatic heterocycles. The highest BCUT2D eigenvalue weighted by Gasteiger charge is 2.42. The minimum Gasteiger partial charge on any atom is -0.497 e. The highest BCUT2D eigenvalue weighted by atomic mass is 35.5. The minimum atomic E-state index is -1.18. The molecule has 2 aliphatic rings. The van der Waals surface area contributed by atoms with Crippen LogP contribution < -0.4 is 10.3 Å². The number of hydrogen-bond acceptors (Lipinski definition) is 7. The fourth-order valence-corrected chi connectivity index (χ4v) is 7.03. The van der Waals surface area contributed by atoms with Crippen LogP contribution in [0.5, 0.6) is 5.75 Å². The second-order valence-corrected chi connectivity index (χ2v) is 14.3. The number of aromatic nitrogens is 3. The molecule has 6 rings (SSSR count). The zero-order valence-electron chi connectivity index (χ0n) is 27.8. The first kappa shape index (κ1) is 33.5. The van der Waals surface area contributed by atoms with Gasteiger partial charge in [0.05, 0.1) is 30.3 Å². The average molecular weight is 676 g/mol. The molecule has 0 aliphatic carbocycles. The number of aliphatic hydroxyl groups is 1. The Morgan fingerprint density at radius 3 is 2.46 bits per heavy atom. The SMILES string of the molecule is COc1cc(Cl)cc(-n2ccc3c(=O)n(CC4(O)CCN(C(=O)[C@@H]5CCN(C(=O)OC(C)(C)C)C[C@H]5c5ccccc5)CC4)cnc32)c1. The van der Waals surface area contributed by atoms with Crippen molar-refractivity contribution in [1.29, 1.82) is 0 Å². The van der Waals surface area contributed by atoms with Gasteiger partial charge in [0.25, 0.3) is 5.56 Å². The zero-order chi connectivity index (χ0) is 34.2. The van der Waals surface area contributed by atoms with Crippen molar-refractivity contribution in [1.82, 2.24) is 23.9 Å². The number of benzene rings is 2. The predicted molar refractivity (Wildman–Crippen MR) is 183 cm³/mol. The lowest BCUT2D eigenvalue weighted by Crippen LogP contribution is -2.53. The number of nitrogens with zero attached hydrogens (tertiary/aromatic N) is 5. The Morgan fingerprint density at radius 2 is 1.77 bits per heavy atom. The Labute approximate surface area is 284 Å². The van der Waals surface area contributed by atoms with Gasteiger partial charge in [-0.2, -0.15) is 0 Å². The number of halogens is 1. The Kier molecular flexibility index (Phi) is 9.28. The maximum absolute atomic E-state index is 14.0. The second-order valence-electron chi connectivity index (χ2n) is 13.8. The highest BCUT2D eigenvalue weighted by Crippen LogP contribution is 2.36. The van der Waals surface area contributed by atoms with E-state index in [1.54, 1.807) is 41.0 Å². The molecule has 2 amide bonds. The topological polar surface area (TPSA) is 119 Å². The summed E-state index contributed by atoms with van der Waals surface area (Å²) in [6, 6.07) is 16.8. The van der Waals surface area contributed by atoms with Crippen LogP contribution in [0.1, 0.15) is 51.5 Å². The molecule has 0 radical (unpaired) electrons. The third kappa shape index (κ3) is 7.07. The van der Waals surface area contributed by atoms with Gasteiger partial charge in [0.2, 0.25) is 5.91 Å². The van der Waals surface area contributed by atoms with Gasteiger partial charge in [0, 0.05) is 55.3 Å². The van der Waals surface area contributed by atoms with E-state index < -0.39 is 11.2 Å². The Hall–Kier alpha value is -4.35. The molecule has 12 heteroatoms. The molecule has 0 bridgehead atoms. The van der Waals surface area contributed by atoms with E-state index in [0.717, 1.165) is 5.56 Å². The molecule has 2 atom stereocenters. The van der Waals surface area contributed by atoms with Crippen molar-refractivity contribution < 1.29 is 24.2 Å². The van der Waals surface area contributed by atoms with Gasteiger partial charge in [-0.05, 0) is 63.8 Å². The first-order chi connectivity index (χ1) is 22.8. The third-order valence-electron chi connectivity index (χ3n) is 9.32. The van der Waals surface area contributed by atoms with Crippen LogP contribution in [0, 0.1) is 5.92 Å². The standard InChI is InChI=1S/C36H42ClN5O6/c1-35(2,3)48-34(45)40-14-10-28(30(21-40)24-8-6-5-7-9-24)32(43)39-16-12-36(46,13-17-39)22-41-23-38-31-29(33(41)44)11-15-42(31)26-18-25(37)19-27(20-26)47-4/h5-9,11,15,18-20,23,28,30,46H,10,12-14,16-17,21-22H2,1-4H3/t28-,30+/m1/s1. The number of methoxy groups -OCH3 is 1. The molecule has 4 aromatic rings. The average Bonchev–Trinajstić information content (AvgIpc) is 3.50. The largest absolute Gasteiger partial charge is 0.497 e. The number of fused-ring (bicyclic) bond motifs is 1. The van der Waals surface area contributed by atoms with Crippen LogP contribution in [-0.2, 0) is 16.1 Å². The van der Waals surface area contributed by atoms with Crippen LogP contribution in [0.3, 0.4) is 0 Å². The molecule has 11 nitrogen and oxygen atoms in total. The summed E-state index contributed by atoms with van der Waals surface area (Å²) in [7, 11) is 1.56. The van der Waals surface area contributed by atoms with Crippen molar-refractivity contribution >= 4 is 34.6 Å². The van der Waals surface area contributed by atoms with Crippen molar-refractivity contribution in [2.24, 2.45) is 5.92 Å². The Balaban J connectivity index is 1.14. The van der Waals surface area contributed by atoms with Crippen molar-refractivity contribution in [3.63, 3.8) is 0 Å². The van der Waals surface area contributed by atoms with Gasteiger partial charge < -0.3 is 28.9 Å².